The minimum atomic E-state index is -0.856. The number of nitrogens with zero attached hydrogens (tertiary/aromatic N) is 2. The molecule has 4 amide bonds. The third-order valence-electron chi connectivity index (χ3n) is 7.67. The van der Waals surface area contributed by atoms with Gasteiger partial charge in [-0.15, -0.1) is 11.8 Å². The molecular weight excluding hydrogens is 460 g/mol. The van der Waals surface area contributed by atoms with Crippen molar-refractivity contribution in [2.24, 2.45) is 11.3 Å². The second-order valence-corrected chi connectivity index (χ2v) is 11.3. The van der Waals surface area contributed by atoms with Crippen LogP contribution in [0, 0.1) is 11.3 Å². The molecule has 4 rings (SSSR count). The standard InChI is InChI=1S/C27H34N4O3S/c1-4-26(2,3)20-11-13-27(14-12-20)24(33)31(25(34)30-27)17-23(32)29-21-7-9-22(10-8-21)35-18-19-6-5-15-28-16-19/h5-10,15-16,20H,4,11-14,17-18H2,1-3H3,(H,29,32)(H,30,34). The summed E-state index contributed by atoms with van der Waals surface area (Å²) in [4.78, 5) is 44.7. The first-order chi connectivity index (χ1) is 16.7. The Morgan fingerprint density at radius 2 is 1.91 bits per heavy atom. The summed E-state index contributed by atoms with van der Waals surface area (Å²) in [5.41, 5.74) is 1.14. The SMILES string of the molecule is CCC(C)(C)C1CCC2(CC1)NC(=O)N(CC(=O)Nc1ccc(SCc3cccnc3)cc1)C2=O. The molecule has 1 aliphatic heterocycles. The first kappa shape index (κ1) is 25.2. The Hall–Kier alpha value is -2.87. The zero-order valence-electron chi connectivity index (χ0n) is 20.7. The van der Waals surface area contributed by atoms with Gasteiger partial charge < -0.3 is 10.6 Å². The number of carbonyl (C=O) groups is 3. The van der Waals surface area contributed by atoms with Gasteiger partial charge in [0.15, 0.2) is 0 Å². The molecule has 2 N–H and O–H groups in total. The van der Waals surface area contributed by atoms with Crippen LogP contribution < -0.4 is 10.6 Å². The monoisotopic (exact) mass is 494 g/mol. The van der Waals surface area contributed by atoms with E-state index in [-0.39, 0.29) is 23.8 Å². The van der Waals surface area contributed by atoms with Crippen molar-refractivity contribution in [2.45, 2.75) is 69.1 Å². The van der Waals surface area contributed by atoms with Crippen molar-refractivity contribution in [3.05, 3.63) is 54.4 Å². The summed E-state index contributed by atoms with van der Waals surface area (Å²) in [6.45, 7) is 6.45. The van der Waals surface area contributed by atoms with E-state index in [1.807, 2.05) is 42.6 Å². The van der Waals surface area contributed by atoms with Crippen LogP contribution >= 0.6 is 11.8 Å². The fourth-order valence-electron chi connectivity index (χ4n) is 4.97. The van der Waals surface area contributed by atoms with Crippen molar-refractivity contribution < 1.29 is 14.4 Å². The van der Waals surface area contributed by atoms with E-state index in [1.54, 1.807) is 18.0 Å². The number of anilines is 1. The van der Waals surface area contributed by atoms with E-state index in [0.29, 0.717) is 24.4 Å². The van der Waals surface area contributed by atoms with Gasteiger partial charge in [0.25, 0.3) is 5.91 Å². The van der Waals surface area contributed by atoms with Gasteiger partial charge in [0.2, 0.25) is 5.91 Å². The lowest BCUT2D eigenvalue weighted by atomic mass is 9.65. The van der Waals surface area contributed by atoms with E-state index >= 15 is 0 Å². The molecule has 1 aromatic carbocycles. The van der Waals surface area contributed by atoms with Crippen LogP contribution in [0.15, 0.2) is 53.7 Å². The highest BCUT2D eigenvalue weighted by Crippen LogP contribution is 2.45. The molecule has 8 heteroatoms. The number of pyridine rings is 1. The third kappa shape index (κ3) is 5.69. The Balaban J connectivity index is 1.29. The maximum Gasteiger partial charge on any atom is 0.325 e. The lowest BCUT2D eigenvalue weighted by Crippen LogP contribution is -2.51. The fraction of sp³-hybridized carbons (Fsp3) is 0.481. The molecule has 0 radical (unpaired) electrons. The summed E-state index contributed by atoms with van der Waals surface area (Å²) >= 11 is 1.68. The highest BCUT2D eigenvalue weighted by atomic mass is 32.2. The van der Waals surface area contributed by atoms with Gasteiger partial charge >= 0.3 is 6.03 Å². The van der Waals surface area contributed by atoms with Crippen molar-refractivity contribution in [1.29, 1.82) is 0 Å². The lowest BCUT2D eigenvalue weighted by Gasteiger charge is -2.42. The number of amides is 4. The Labute approximate surface area is 211 Å². The third-order valence-corrected chi connectivity index (χ3v) is 8.75. The fourth-order valence-corrected chi connectivity index (χ4v) is 5.80. The van der Waals surface area contributed by atoms with E-state index in [4.69, 9.17) is 0 Å². The molecule has 186 valence electrons. The highest BCUT2D eigenvalue weighted by molar-refractivity contribution is 7.98. The number of hydrogen-bond donors (Lipinski definition) is 2. The molecule has 2 fully saturated rings. The van der Waals surface area contributed by atoms with Gasteiger partial charge in [-0.05, 0) is 72.9 Å². The van der Waals surface area contributed by atoms with E-state index in [0.717, 1.165) is 40.4 Å². The Morgan fingerprint density at radius 3 is 2.54 bits per heavy atom. The average molecular weight is 495 g/mol. The van der Waals surface area contributed by atoms with Gasteiger partial charge in [-0.1, -0.05) is 33.3 Å². The first-order valence-electron chi connectivity index (χ1n) is 12.3. The molecule has 0 bridgehead atoms. The smallest absolute Gasteiger partial charge is 0.325 e. The van der Waals surface area contributed by atoms with Crippen LogP contribution in [0.4, 0.5) is 10.5 Å². The first-order valence-corrected chi connectivity index (χ1v) is 13.3. The second kappa shape index (κ2) is 10.4. The van der Waals surface area contributed by atoms with Crippen LogP contribution in [-0.4, -0.2) is 39.8 Å². The molecule has 1 saturated heterocycles. The molecule has 1 spiro atoms. The predicted molar refractivity (Wildman–Crippen MR) is 138 cm³/mol. The van der Waals surface area contributed by atoms with E-state index in [2.05, 4.69) is 36.4 Å². The molecular formula is C27H34N4O3S. The van der Waals surface area contributed by atoms with E-state index < -0.39 is 11.6 Å². The minimum Gasteiger partial charge on any atom is -0.325 e. The molecule has 35 heavy (non-hydrogen) atoms. The molecule has 7 nitrogen and oxygen atoms in total. The van der Waals surface area contributed by atoms with Gasteiger partial charge in [-0.25, -0.2) is 4.79 Å². The van der Waals surface area contributed by atoms with Crippen LogP contribution in [0.5, 0.6) is 0 Å². The quantitative estimate of drug-likeness (QED) is 0.387. The molecule has 1 aliphatic carbocycles. The topological polar surface area (TPSA) is 91.4 Å². The summed E-state index contributed by atoms with van der Waals surface area (Å²) in [6, 6.07) is 11.0. The molecule has 0 atom stereocenters. The van der Waals surface area contributed by atoms with Crippen LogP contribution in [-0.2, 0) is 15.3 Å². The van der Waals surface area contributed by atoms with Crippen molar-refractivity contribution in [1.82, 2.24) is 15.2 Å². The summed E-state index contributed by atoms with van der Waals surface area (Å²) in [5.74, 6) is 0.685. The maximum absolute atomic E-state index is 13.2. The number of carbonyl (C=O) groups excluding carboxylic acids is 3. The maximum atomic E-state index is 13.2. The van der Waals surface area contributed by atoms with Crippen LogP contribution in [0.3, 0.4) is 0 Å². The molecule has 2 heterocycles. The van der Waals surface area contributed by atoms with Crippen LogP contribution in [0.25, 0.3) is 0 Å². The number of hydrogen-bond acceptors (Lipinski definition) is 5. The Kier molecular flexibility index (Phi) is 7.50. The summed E-state index contributed by atoms with van der Waals surface area (Å²) in [6.07, 6.45) is 7.74. The number of nitrogens with one attached hydrogen (secondary N) is 2. The van der Waals surface area contributed by atoms with Crippen LogP contribution in [0.2, 0.25) is 0 Å². The average Bonchev–Trinajstić information content (AvgIpc) is 3.08. The molecule has 1 aromatic heterocycles. The van der Waals surface area contributed by atoms with Gasteiger partial charge in [0.1, 0.15) is 12.1 Å². The lowest BCUT2D eigenvalue weighted by molar-refractivity contribution is -0.135. The van der Waals surface area contributed by atoms with Crippen molar-refractivity contribution in [3.63, 3.8) is 0 Å². The summed E-state index contributed by atoms with van der Waals surface area (Å²) < 4.78 is 0. The van der Waals surface area contributed by atoms with Gasteiger partial charge in [-0.3, -0.25) is 19.5 Å². The normalized spacial score (nSPS) is 22.4. The summed E-state index contributed by atoms with van der Waals surface area (Å²) in [5, 5.41) is 5.72. The minimum absolute atomic E-state index is 0.222. The largest absolute Gasteiger partial charge is 0.325 e. The van der Waals surface area contributed by atoms with Gasteiger partial charge in [0.05, 0.1) is 0 Å². The molecule has 2 aromatic rings. The second-order valence-electron chi connectivity index (χ2n) is 10.2. The zero-order chi connectivity index (χ0) is 25.1. The van der Waals surface area contributed by atoms with Crippen LogP contribution in [0.1, 0.15) is 58.4 Å². The number of thioether (sulfide) groups is 1. The van der Waals surface area contributed by atoms with E-state index in [9.17, 15) is 14.4 Å². The predicted octanol–water partition coefficient (Wildman–Crippen LogP) is 5.23. The molecule has 2 aliphatic rings. The number of urea groups is 1. The molecule has 1 saturated carbocycles. The van der Waals surface area contributed by atoms with Gasteiger partial charge in [-0.2, -0.15) is 0 Å². The summed E-state index contributed by atoms with van der Waals surface area (Å²) in [7, 11) is 0. The number of rotatable bonds is 8. The Bertz CT molecular complexity index is 1060. The number of benzene rings is 1. The van der Waals surface area contributed by atoms with E-state index in [1.165, 1.54) is 0 Å². The van der Waals surface area contributed by atoms with Crippen molar-refractivity contribution in [3.8, 4) is 0 Å². The highest BCUT2D eigenvalue weighted by Gasteiger charge is 2.53. The zero-order valence-corrected chi connectivity index (χ0v) is 21.5. The van der Waals surface area contributed by atoms with Crippen molar-refractivity contribution in [2.75, 3.05) is 11.9 Å². The number of aromatic nitrogens is 1. The molecule has 0 unspecified atom stereocenters. The number of imide groups is 1. The Morgan fingerprint density at radius 1 is 1.20 bits per heavy atom. The van der Waals surface area contributed by atoms with Crippen molar-refractivity contribution >= 4 is 35.3 Å². The van der Waals surface area contributed by atoms with Gasteiger partial charge in [0, 0.05) is 28.7 Å².